The van der Waals surface area contributed by atoms with E-state index >= 15 is 0 Å². The number of halogens is 1. The van der Waals surface area contributed by atoms with Crippen molar-refractivity contribution >= 4 is 33.5 Å². The Bertz CT molecular complexity index is 532. The van der Waals surface area contributed by atoms with Gasteiger partial charge in [0.1, 0.15) is 5.75 Å². The highest BCUT2D eigenvalue weighted by Gasteiger charge is 2.34. The van der Waals surface area contributed by atoms with E-state index in [2.05, 4.69) is 21.2 Å². The third-order valence-corrected chi connectivity index (χ3v) is 4.07. The second-order valence-corrected chi connectivity index (χ2v) is 5.79. The summed E-state index contributed by atoms with van der Waals surface area (Å²) in [5.41, 5.74) is 0.597. The van der Waals surface area contributed by atoms with Gasteiger partial charge in [0.15, 0.2) is 0 Å². The Hall–Kier alpha value is -1.56. The van der Waals surface area contributed by atoms with Crippen LogP contribution in [0.15, 0.2) is 22.7 Å². The molecule has 0 spiro atoms. The molecule has 1 amide bonds. The lowest BCUT2D eigenvalue weighted by molar-refractivity contribution is -0.141. The number of rotatable bonds is 4. The molecule has 0 heterocycles. The van der Waals surface area contributed by atoms with Crippen LogP contribution >= 0.6 is 15.9 Å². The quantitative estimate of drug-likeness (QED) is 0.882. The lowest BCUT2D eigenvalue weighted by Gasteiger charge is -2.13. The minimum atomic E-state index is -0.818. The standard InChI is InChI=1S/C14H16BrNO4/c1-20-12-7-10(15)4-5-11(12)16-13(17)8-2-3-9(6-8)14(18)19/h4-5,7-9H,2-3,6H2,1H3,(H,16,17)(H,18,19)/t8-,9+/m0/s1. The van der Waals surface area contributed by atoms with E-state index in [1.807, 2.05) is 6.07 Å². The fraction of sp³-hybridized carbons (Fsp3) is 0.429. The molecular weight excluding hydrogens is 326 g/mol. The molecule has 0 unspecified atom stereocenters. The van der Waals surface area contributed by atoms with Crippen LogP contribution in [0, 0.1) is 11.8 Å². The van der Waals surface area contributed by atoms with E-state index in [1.54, 1.807) is 12.1 Å². The number of aliphatic carboxylic acids is 1. The number of benzene rings is 1. The number of anilines is 1. The first kappa shape index (κ1) is 14.8. The third-order valence-electron chi connectivity index (χ3n) is 3.57. The van der Waals surface area contributed by atoms with E-state index in [0.717, 1.165) is 4.47 Å². The molecule has 1 saturated carbocycles. The predicted octanol–water partition coefficient (Wildman–Crippen LogP) is 2.90. The number of carbonyl (C=O) groups excluding carboxylic acids is 1. The van der Waals surface area contributed by atoms with Gasteiger partial charge in [0.2, 0.25) is 5.91 Å². The number of ether oxygens (including phenoxy) is 1. The highest BCUT2D eigenvalue weighted by atomic mass is 79.9. The molecule has 2 rings (SSSR count). The van der Waals surface area contributed by atoms with Crippen molar-refractivity contribution in [2.75, 3.05) is 12.4 Å². The molecule has 2 N–H and O–H groups in total. The molecule has 6 heteroatoms. The van der Waals surface area contributed by atoms with Crippen molar-refractivity contribution in [2.24, 2.45) is 11.8 Å². The third kappa shape index (κ3) is 3.30. The first-order valence-corrected chi connectivity index (χ1v) is 7.17. The average Bonchev–Trinajstić information content (AvgIpc) is 2.90. The number of carbonyl (C=O) groups is 2. The van der Waals surface area contributed by atoms with Gasteiger partial charge in [-0.3, -0.25) is 9.59 Å². The monoisotopic (exact) mass is 341 g/mol. The zero-order chi connectivity index (χ0) is 14.7. The van der Waals surface area contributed by atoms with Crippen LogP contribution in [0.1, 0.15) is 19.3 Å². The van der Waals surface area contributed by atoms with Crippen LogP contribution < -0.4 is 10.1 Å². The van der Waals surface area contributed by atoms with Crippen molar-refractivity contribution in [3.8, 4) is 5.75 Å². The Morgan fingerprint density at radius 3 is 2.65 bits per heavy atom. The van der Waals surface area contributed by atoms with Crippen LogP contribution in [0.5, 0.6) is 5.75 Å². The number of amides is 1. The van der Waals surface area contributed by atoms with Crippen molar-refractivity contribution in [3.05, 3.63) is 22.7 Å². The first-order valence-electron chi connectivity index (χ1n) is 6.38. The van der Waals surface area contributed by atoms with E-state index in [4.69, 9.17) is 9.84 Å². The van der Waals surface area contributed by atoms with Crippen LogP contribution in [-0.4, -0.2) is 24.1 Å². The molecule has 0 saturated heterocycles. The molecule has 0 aromatic heterocycles. The fourth-order valence-corrected chi connectivity index (χ4v) is 2.79. The molecule has 1 aromatic rings. The topological polar surface area (TPSA) is 75.6 Å². The zero-order valence-corrected chi connectivity index (χ0v) is 12.6. The maximum atomic E-state index is 12.2. The normalized spacial score (nSPS) is 21.5. The molecule has 0 radical (unpaired) electrons. The van der Waals surface area contributed by atoms with Gasteiger partial charge < -0.3 is 15.2 Å². The Morgan fingerprint density at radius 1 is 1.35 bits per heavy atom. The van der Waals surface area contributed by atoms with E-state index in [9.17, 15) is 9.59 Å². The van der Waals surface area contributed by atoms with Gasteiger partial charge in [-0.25, -0.2) is 0 Å². The van der Waals surface area contributed by atoms with Gasteiger partial charge >= 0.3 is 5.97 Å². The van der Waals surface area contributed by atoms with Gasteiger partial charge in [-0.05, 0) is 37.5 Å². The summed E-state index contributed by atoms with van der Waals surface area (Å²) in [7, 11) is 1.54. The largest absolute Gasteiger partial charge is 0.495 e. The second-order valence-electron chi connectivity index (χ2n) is 4.88. The van der Waals surface area contributed by atoms with Gasteiger partial charge in [-0.15, -0.1) is 0 Å². The molecule has 5 nitrogen and oxygen atoms in total. The van der Waals surface area contributed by atoms with E-state index < -0.39 is 11.9 Å². The molecule has 108 valence electrons. The van der Waals surface area contributed by atoms with Crippen molar-refractivity contribution in [1.29, 1.82) is 0 Å². The van der Waals surface area contributed by atoms with Gasteiger partial charge in [-0.1, -0.05) is 15.9 Å². The first-order chi connectivity index (χ1) is 9.51. The lowest BCUT2D eigenvalue weighted by atomic mass is 10.0. The van der Waals surface area contributed by atoms with Crippen molar-refractivity contribution in [1.82, 2.24) is 0 Å². The number of methoxy groups -OCH3 is 1. The molecule has 0 aliphatic heterocycles. The SMILES string of the molecule is COc1cc(Br)ccc1NC(=O)[C@H]1CC[C@@H](C(=O)O)C1. The average molecular weight is 342 g/mol. The number of nitrogens with one attached hydrogen (secondary N) is 1. The molecule has 0 bridgehead atoms. The summed E-state index contributed by atoms with van der Waals surface area (Å²) in [5, 5.41) is 11.8. The summed E-state index contributed by atoms with van der Waals surface area (Å²) in [6.07, 6.45) is 1.58. The van der Waals surface area contributed by atoms with Crippen LogP contribution in [0.25, 0.3) is 0 Å². The van der Waals surface area contributed by atoms with Crippen LogP contribution in [0.4, 0.5) is 5.69 Å². The van der Waals surface area contributed by atoms with Gasteiger partial charge in [-0.2, -0.15) is 0 Å². The molecule has 1 aromatic carbocycles. The smallest absolute Gasteiger partial charge is 0.306 e. The fourth-order valence-electron chi connectivity index (χ4n) is 2.45. The zero-order valence-electron chi connectivity index (χ0n) is 11.1. The molecular formula is C14H16BrNO4. The van der Waals surface area contributed by atoms with E-state index in [-0.39, 0.29) is 11.8 Å². The molecule has 1 fully saturated rings. The Morgan fingerprint density at radius 2 is 2.05 bits per heavy atom. The highest BCUT2D eigenvalue weighted by molar-refractivity contribution is 9.10. The summed E-state index contributed by atoms with van der Waals surface area (Å²) in [5.74, 6) is -1.04. The number of carboxylic acid groups (broad SMARTS) is 1. The van der Waals surface area contributed by atoms with Crippen LogP contribution in [-0.2, 0) is 9.59 Å². The highest BCUT2D eigenvalue weighted by Crippen LogP contribution is 2.33. The minimum absolute atomic E-state index is 0.144. The molecule has 2 atom stereocenters. The number of hydrogen-bond donors (Lipinski definition) is 2. The Labute approximate surface area is 125 Å². The summed E-state index contributed by atoms with van der Waals surface area (Å²) in [6, 6.07) is 5.33. The Balaban J connectivity index is 2.04. The number of hydrogen-bond acceptors (Lipinski definition) is 3. The molecule has 20 heavy (non-hydrogen) atoms. The van der Waals surface area contributed by atoms with E-state index in [0.29, 0.717) is 30.7 Å². The lowest BCUT2D eigenvalue weighted by Crippen LogP contribution is -2.22. The van der Waals surface area contributed by atoms with E-state index in [1.165, 1.54) is 7.11 Å². The molecule has 1 aliphatic carbocycles. The summed E-state index contributed by atoms with van der Waals surface area (Å²) >= 11 is 3.34. The summed E-state index contributed by atoms with van der Waals surface area (Å²) < 4.78 is 6.07. The maximum absolute atomic E-state index is 12.2. The predicted molar refractivity (Wildman–Crippen MR) is 77.8 cm³/mol. The second kappa shape index (κ2) is 6.26. The van der Waals surface area contributed by atoms with Crippen molar-refractivity contribution in [3.63, 3.8) is 0 Å². The number of carboxylic acids is 1. The maximum Gasteiger partial charge on any atom is 0.306 e. The van der Waals surface area contributed by atoms with Gasteiger partial charge in [0.25, 0.3) is 0 Å². The van der Waals surface area contributed by atoms with Crippen LogP contribution in [0.2, 0.25) is 0 Å². The summed E-state index contributed by atoms with van der Waals surface area (Å²) in [6.45, 7) is 0. The minimum Gasteiger partial charge on any atom is -0.495 e. The van der Waals surface area contributed by atoms with Gasteiger partial charge in [0.05, 0.1) is 18.7 Å². The van der Waals surface area contributed by atoms with Crippen molar-refractivity contribution < 1.29 is 19.4 Å². The Kier molecular flexibility index (Phi) is 4.65. The van der Waals surface area contributed by atoms with Crippen LogP contribution in [0.3, 0.4) is 0 Å². The molecule has 1 aliphatic rings. The van der Waals surface area contributed by atoms with Crippen molar-refractivity contribution in [2.45, 2.75) is 19.3 Å². The summed E-state index contributed by atoms with van der Waals surface area (Å²) in [4.78, 5) is 23.1. The van der Waals surface area contributed by atoms with Gasteiger partial charge in [0, 0.05) is 10.4 Å².